The van der Waals surface area contributed by atoms with Gasteiger partial charge in [0.15, 0.2) is 0 Å². The van der Waals surface area contributed by atoms with E-state index in [2.05, 4.69) is 29.0 Å². The van der Waals surface area contributed by atoms with Gasteiger partial charge in [-0.05, 0) is 32.1 Å². The second kappa shape index (κ2) is 6.71. The Balaban J connectivity index is 2.76. The summed E-state index contributed by atoms with van der Waals surface area (Å²) < 4.78 is 0. The summed E-state index contributed by atoms with van der Waals surface area (Å²) in [7, 11) is 3.97. The molecule has 100 valence electrons. The molecule has 1 aromatic rings. The first-order valence-corrected chi connectivity index (χ1v) is 6.35. The van der Waals surface area contributed by atoms with Gasteiger partial charge in [0.1, 0.15) is 5.15 Å². The number of nitrogens with zero attached hydrogens (tertiary/aromatic N) is 2. The average Bonchev–Trinajstić information content (AvgIpc) is 2.27. The molecule has 0 aliphatic carbocycles. The number of rotatable bonds is 5. The molecule has 1 unspecified atom stereocenters. The summed E-state index contributed by atoms with van der Waals surface area (Å²) in [6, 6.07) is 3.47. The van der Waals surface area contributed by atoms with E-state index in [4.69, 9.17) is 11.6 Å². The molecule has 1 aromatic heterocycles. The average molecular weight is 270 g/mol. The molecule has 0 bridgehead atoms. The molecule has 18 heavy (non-hydrogen) atoms. The normalized spacial score (nSPS) is 12.8. The predicted molar refractivity (Wildman–Crippen MR) is 73.9 cm³/mol. The molecule has 5 heteroatoms. The number of pyridine rings is 1. The van der Waals surface area contributed by atoms with Crippen LogP contribution < -0.4 is 5.32 Å². The second-order valence-corrected chi connectivity index (χ2v) is 5.29. The molecule has 1 atom stereocenters. The van der Waals surface area contributed by atoms with Crippen molar-refractivity contribution < 1.29 is 4.79 Å². The molecule has 1 rings (SSSR count). The van der Waals surface area contributed by atoms with E-state index in [0.717, 1.165) is 6.54 Å². The molecule has 0 spiro atoms. The van der Waals surface area contributed by atoms with Crippen molar-refractivity contribution in [3.63, 3.8) is 0 Å². The smallest absolute Gasteiger partial charge is 0.254 e. The fraction of sp³-hybridized carbons (Fsp3) is 0.538. The molecule has 1 N–H and O–H groups in total. The third kappa shape index (κ3) is 4.27. The molecule has 0 aliphatic rings. The van der Waals surface area contributed by atoms with Crippen LogP contribution in [-0.4, -0.2) is 42.5 Å². The molecule has 0 saturated carbocycles. The summed E-state index contributed by atoms with van der Waals surface area (Å²) >= 11 is 5.91. The summed E-state index contributed by atoms with van der Waals surface area (Å²) in [5, 5.41) is 3.24. The fourth-order valence-corrected chi connectivity index (χ4v) is 1.82. The highest BCUT2D eigenvalue weighted by Gasteiger charge is 2.19. The Morgan fingerprint density at radius 1 is 1.50 bits per heavy atom. The zero-order chi connectivity index (χ0) is 13.7. The van der Waals surface area contributed by atoms with Gasteiger partial charge in [-0.25, -0.2) is 4.98 Å². The molecule has 0 aliphatic heterocycles. The van der Waals surface area contributed by atoms with E-state index in [1.165, 1.54) is 0 Å². The van der Waals surface area contributed by atoms with E-state index in [1.54, 1.807) is 18.3 Å². The summed E-state index contributed by atoms with van der Waals surface area (Å²) in [5.41, 5.74) is 0.420. The maximum Gasteiger partial charge on any atom is 0.254 e. The van der Waals surface area contributed by atoms with Crippen LogP contribution in [-0.2, 0) is 0 Å². The van der Waals surface area contributed by atoms with E-state index in [0.29, 0.717) is 11.5 Å². The van der Waals surface area contributed by atoms with Crippen LogP contribution in [0.4, 0.5) is 0 Å². The van der Waals surface area contributed by atoms with Gasteiger partial charge in [0, 0.05) is 18.8 Å². The van der Waals surface area contributed by atoms with Crippen molar-refractivity contribution in [1.82, 2.24) is 15.2 Å². The lowest BCUT2D eigenvalue weighted by molar-refractivity contribution is 0.0916. The topological polar surface area (TPSA) is 45.2 Å². The predicted octanol–water partition coefficient (Wildman–Crippen LogP) is 2.05. The maximum atomic E-state index is 12.1. The molecule has 4 nitrogen and oxygen atoms in total. The Labute approximate surface area is 113 Å². The van der Waals surface area contributed by atoms with Crippen LogP contribution in [0.15, 0.2) is 18.3 Å². The molecule has 0 saturated heterocycles. The van der Waals surface area contributed by atoms with Gasteiger partial charge in [-0.2, -0.15) is 0 Å². The van der Waals surface area contributed by atoms with E-state index < -0.39 is 0 Å². The maximum absolute atomic E-state index is 12.1. The van der Waals surface area contributed by atoms with Gasteiger partial charge >= 0.3 is 0 Å². The van der Waals surface area contributed by atoms with Gasteiger partial charge in [-0.1, -0.05) is 25.4 Å². The summed E-state index contributed by atoms with van der Waals surface area (Å²) in [6.07, 6.45) is 1.57. The molecule has 1 heterocycles. The summed E-state index contributed by atoms with van der Waals surface area (Å²) in [6.45, 7) is 4.96. The minimum atomic E-state index is -0.173. The quantitative estimate of drug-likeness (QED) is 0.832. The molecule has 0 aromatic carbocycles. The minimum Gasteiger partial charge on any atom is -0.348 e. The number of hydrogen-bond acceptors (Lipinski definition) is 3. The van der Waals surface area contributed by atoms with Gasteiger partial charge in [0.25, 0.3) is 5.91 Å². The molecular weight excluding hydrogens is 250 g/mol. The number of hydrogen-bond donors (Lipinski definition) is 1. The number of aromatic nitrogens is 1. The van der Waals surface area contributed by atoms with Gasteiger partial charge in [-0.3, -0.25) is 4.79 Å². The van der Waals surface area contributed by atoms with Crippen molar-refractivity contribution in [3.8, 4) is 0 Å². The first-order valence-electron chi connectivity index (χ1n) is 5.98. The van der Waals surface area contributed by atoms with Crippen LogP contribution in [0.3, 0.4) is 0 Å². The third-order valence-electron chi connectivity index (χ3n) is 2.69. The van der Waals surface area contributed by atoms with Gasteiger partial charge in [0.2, 0.25) is 0 Å². The van der Waals surface area contributed by atoms with E-state index >= 15 is 0 Å². The Morgan fingerprint density at radius 3 is 2.67 bits per heavy atom. The van der Waals surface area contributed by atoms with E-state index in [1.807, 2.05) is 14.1 Å². The summed E-state index contributed by atoms with van der Waals surface area (Å²) in [5.74, 6) is 0.181. The van der Waals surface area contributed by atoms with E-state index in [-0.39, 0.29) is 17.1 Å². The van der Waals surface area contributed by atoms with Gasteiger partial charge < -0.3 is 10.2 Å². The van der Waals surface area contributed by atoms with Crippen molar-refractivity contribution in [2.75, 3.05) is 20.6 Å². The largest absolute Gasteiger partial charge is 0.348 e. The van der Waals surface area contributed by atoms with Crippen LogP contribution in [0.5, 0.6) is 0 Å². The second-order valence-electron chi connectivity index (χ2n) is 4.93. The number of amides is 1. The number of nitrogens with one attached hydrogen (secondary N) is 1. The zero-order valence-electron chi connectivity index (χ0n) is 11.3. The Morgan fingerprint density at radius 2 is 2.17 bits per heavy atom. The fourth-order valence-electron chi connectivity index (χ4n) is 1.62. The zero-order valence-corrected chi connectivity index (χ0v) is 12.0. The van der Waals surface area contributed by atoms with Crippen molar-refractivity contribution in [2.24, 2.45) is 5.92 Å². The number of carbonyl (C=O) groups excluding carboxylic acids is 1. The Hall–Kier alpha value is -1.13. The SMILES string of the molecule is CC(C)C(CN(C)C)NC(=O)c1cccnc1Cl. The molecule has 0 radical (unpaired) electrons. The minimum absolute atomic E-state index is 0.0868. The first-order chi connectivity index (χ1) is 8.41. The van der Waals surface area contributed by atoms with E-state index in [9.17, 15) is 4.79 Å². The van der Waals surface area contributed by atoms with Crippen molar-refractivity contribution in [1.29, 1.82) is 0 Å². The highest BCUT2D eigenvalue weighted by atomic mass is 35.5. The van der Waals surface area contributed by atoms with Crippen molar-refractivity contribution in [2.45, 2.75) is 19.9 Å². The monoisotopic (exact) mass is 269 g/mol. The Kier molecular flexibility index (Phi) is 5.56. The lowest BCUT2D eigenvalue weighted by Crippen LogP contribution is -2.45. The van der Waals surface area contributed by atoms with Crippen LogP contribution in [0.2, 0.25) is 5.15 Å². The highest BCUT2D eigenvalue weighted by Crippen LogP contribution is 2.12. The van der Waals surface area contributed by atoms with Gasteiger partial charge in [-0.15, -0.1) is 0 Å². The first kappa shape index (κ1) is 14.9. The van der Waals surface area contributed by atoms with Crippen LogP contribution in [0, 0.1) is 5.92 Å². The number of likely N-dealkylation sites (N-methyl/N-ethyl adjacent to an activating group) is 1. The van der Waals surface area contributed by atoms with Crippen LogP contribution in [0.1, 0.15) is 24.2 Å². The molecular formula is C13H20ClN3O. The lowest BCUT2D eigenvalue weighted by atomic mass is 10.0. The Bertz CT molecular complexity index is 407. The van der Waals surface area contributed by atoms with Crippen LogP contribution >= 0.6 is 11.6 Å². The van der Waals surface area contributed by atoms with Gasteiger partial charge in [0.05, 0.1) is 5.56 Å². The van der Waals surface area contributed by atoms with Crippen molar-refractivity contribution >= 4 is 17.5 Å². The number of carbonyl (C=O) groups is 1. The third-order valence-corrected chi connectivity index (χ3v) is 2.99. The molecule has 0 fully saturated rings. The number of halogens is 1. The highest BCUT2D eigenvalue weighted by molar-refractivity contribution is 6.32. The lowest BCUT2D eigenvalue weighted by Gasteiger charge is -2.25. The standard InChI is InChI=1S/C13H20ClN3O/c1-9(2)11(8-17(3)4)16-13(18)10-6-5-7-15-12(10)14/h5-7,9,11H,8H2,1-4H3,(H,16,18). The molecule has 1 amide bonds. The van der Waals surface area contributed by atoms with Crippen molar-refractivity contribution in [3.05, 3.63) is 29.0 Å². The van der Waals surface area contributed by atoms with Crippen LogP contribution in [0.25, 0.3) is 0 Å². The summed E-state index contributed by atoms with van der Waals surface area (Å²) in [4.78, 5) is 18.1.